The lowest BCUT2D eigenvalue weighted by molar-refractivity contribution is -0.138. The maximum atomic E-state index is 13.2. The Morgan fingerprint density at radius 3 is 1.02 bits per heavy atom. The van der Waals surface area contributed by atoms with Crippen LogP contribution in [0.1, 0.15) is 258 Å². The van der Waals surface area contributed by atoms with Gasteiger partial charge in [-0.05, 0) is 256 Å². The molecule has 0 radical (unpaired) electrons. The van der Waals surface area contributed by atoms with Crippen molar-refractivity contribution >= 4 is 155 Å². The number of nitrogens with zero attached hydrogens (tertiary/aromatic N) is 11. The van der Waals surface area contributed by atoms with Gasteiger partial charge >= 0.3 is 18.3 Å². The summed E-state index contributed by atoms with van der Waals surface area (Å²) in [5.41, 5.74) is 15.8. The molecule has 4 unspecified atom stereocenters. The highest BCUT2D eigenvalue weighted by Crippen LogP contribution is 2.37. The topological polar surface area (TPSA) is 541 Å². The molecule has 4 aromatic rings. The van der Waals surface area contributed by atoms with Gasteiger partial charge in [-0.2, -0.15) is 0 Å². The number of anilines is 4. The molecule has 149 heavy (non-hydrogen) atoms. The maximum absolute atomic E-state index is 13.2. The van der Waals surface area contributed by atoms with Crippen LogP contribution in [0.2, 0.25) is 0 Å². The van der Waals surface area contributed by atoms with E-state index >= 15 is 0 Å². The number of aldehydes is 2. The summed E-state index contributed by atoms with van der Waals surface area (Å²) < 4.78 is 15.9. The van der Waals surface area contributed by atoms with Crippen LogP contribution in [-0.4, -0.2) is 349 Å². The average molecular weight is 2090 g/mol. The van der Waals surface area contributed by atoms with E-state index in [2.05, 4.69) is 84.5 Å². The van der Waals surface area contributed by atoms with E-state index < -0.39 is 106 Å². The maximum Gasteiger partial charge on any atom is 0.410 e. The second kappa shape index (κ2) is 53.3. The number of nitrogens with one attached hydrogen (secondary N) is 7. The zero-order chi connectivity index (χ0) is 108. The number of amides is 18. The Bertz CT molecular complexity index is 5570. The van der Waals surface area contributed by atoms with Gasteiger partial charge in [-0.15, -0.1) is 12.4 Å². The number of halogens is 1. The third-order valence-electron chi connectivity index (χ3n) is 27.2. The van der Waals surface area contributed by atoms with Gasteiger partial charge in [0, 0.05) is 171 Å². The summed E-state index contributed by atoms with van der Waals surface area (Å²) in [6.07, 6.45) is 8.35. The molecular weight excluding hydrogens is 1940 g/mol. The Balaban J connectivity index is 0.000000186. The van der Waals surface area contributed by atoms with E-state index in [-0.39, 0.29) is 122 Å². The van der Waals surface area contributed by atoms with Crippen molar-refractivity contribution in [3.63, 3.8) is 0 Å². The van der Waals surface area contributed by atoms with E-state index in [1.54, 1.807) is 52.3 Å². The summed E-state index contributed by atoms with van der Waals surface area (Å²) in [5, 5.41) is 18.5. The molecule has 14 heterocycles. The van der Waals surface area contributed by atoms with Gasteiger partial charge in [-0.3, -0.25) is 118 Å². The Morgan fingerprint density at radius 1 is 0.362 bits per heavy atom. The molecule has 44 heteroatoms. The number of hydrogen-bond acceptors (Lipinski definition) is 32. The Kier molecular flexibility index (Phi) is 42.1. The van der Waals surface area contributed by atoms with Gasteiger partial charge in [0.25, 0.3) is 41.4 Å². The lowest BCUT2D eigenvalue weighted by atomic mass is 9.96. The van der Waals surface area contributed by atoms with Gasteiger partial charge in [0.15, 0.2) is 0 Å². The fraction of sp³-hybridized carbons (Fsp3) is 0.581. The van der Waals surface area contributed by atoms with Crippen molar-refractivity contribution in [3.8, 4) is 0 Å². The minimum Gasteiger partial charge on any atom is -0.444 e. The molecule has 10 fully saturated rings. The second-order valence-electron chi connectivity index (χ2n) is 41.7. The summed E-state index contributed by atoms with van der Waals surface area (Å²) >= 11 is 0. The number of benzene rings is 4. The van der Waals surface area contributed by atoms with Crippen molar-refractivity contribution < 1.29 is 110 Å². The molecule has 14 aliphatic rings. The van der Waals surface area contributed by atoms with Gasteiger partial charge in [0.05, 0.1) is 39.3 Å². The average Bonchev–Trinajstić information content (AvgIpc) is 1.59. The monoisotopic (exact) mass is 2090 g/mol. The Morgan fingerprint density at radius 2 is 0.678 bits per heavy atom. The van der Waals surface area contributed by atoms with Crippen LogP contribution in [0.4, 0.5) is 37.1 Å². The molecule has 43 nitrogen and oxygen atoms in total. The highest BCUT2D eigenvalue weighted by atomic mass is 35.5. The van der Waals surface area contributed by atoms with Crippen molar-refractivity contribution in [2.45, 2.75) is 227 Å². The zero-order valence-electron chi connectivity index (χ0n) is 87.7. The van der Waals surface area contributed by atoms with E-state index in [1.165, 1.54) is 40.8 Å². The number of piperazine rings is 2. The molecule has 14 aliphatic heterocycles. The zero-order valence-corrected chi connectivity index (χ0v) is 88.6. The normalized spacial score (nSPS) is 21.3. The highest BCUT2D eigenvalue weighted by Gasteiger charge is 2.50. The lowest BCUT2D eigenvalue weighted by Gasteiger charge is -2.39. The van der Waals surface area contributed by atoms with E-state index in [0.717, 1.165) is 194 Å². The van der Waals surface area contributed by atoms with Crippen LogP contribution in [0.5, 0.6) is 0 Å². The highest BCUT2D eigenvalue weighted by molar-refractivity contribution is 6.26. The number of imide groups is 7. The second-order valence-corrected chi connectivity index (χ2v) is 41.7. The first-order valence-corrected chi connectivity index (χ1v) is 51.5. The molecule has 10 saturated heterocycles. The molecule has 812 valence electrons. The van der Waals surface area contributed by atoms with Crippen LogP contribution in [0.25, 0.3) is 0 Å². The summed E-state index contributed by atoms with van der Waals surface area (Å²) in [6, 6.07) is 16.8. The van der Waals surface area contributed by atoms with Crippen LogP contribution in [0.3, 0.4) is 0 Å². The van der Waals surface area contributed by atoms with Crippen molar-refractivity contribution in [1.29, 1.82) is 0 Å². The first-order chi connectivity index (χ1) is 70.2. The Labute approximate surface area is 875 Å². The summed E-state index contributed by atoms with van der Waals surface area (Å²) in [6.45, 7) is 45.0. The number of piperidine rings is 7. The largest absolute Gasteiger partial charge is 0.444 e. The first kappa shape index (κ1) is 118. The van der Waals surface area contributed by atoms with Gasteiger partial charge in [-0.25, -0.2) is 14.4 Å². The molecule has 18 amide bonds. The third kappa shape index (κ3) is 31.7. The standard InChI is InChI=1S/C28H37N5O6.C23H29N5O4.C13H11N3O4.C13H13N3O3.C11H19NO3.C9H15NO3.2C4H11N.ClH/c1-28(2,3)39-27(38)32-10-8-18(9-11-32)17-30-12-14-31(15-13-30)19-4-5-20-21(16-19)26(37)33(25(20)36)22-6-7-23(34)29-24(22)35;29-20-4-3-19(21(30)25-20)28-22(31)17-2-1-16(13-18(17)23(28)32)27-11-9-26(10-12-27)14-15-5-7-24-8-6-15;14-6-1-2-7-8(5-6)13(20)16(12(7)19)9-3-4-10(17)15-11(9)18;14-8-1-2-9-7(5-8)6-16(13(9)19)10-3-4-11(17)15-12(10)18;1-11(2,3)15-10(14)12-6-4-9(8-13)5-7-12;1-9(2,3)13-8(12)10-4-7(5-10)6-11;2*1-3-5-4-2;/h4-5,16,18,22H,6-15,17H2,1-3H3,(H,29,34,35);1-2,13,15,19,24H,3-12,14H2,(H,25,29,30);1-2,5,9H,3-4,14H2,(H,15,17,18);1-2,5,10H,3-4,6,14H2,(H,15,17,18);8-9H,4-7H2,1-3H3;6-7H,4-5H2,1-3H3;2*5H,3-4H2,1-2H3;1H. The SMILES string of the molecule is CC(C)(C)OC(=O)N1CC(C=O)C1.CC(C)(C)OC(=O)N1CCC(C=O)CC1.CC(C)(C)OC(=O)N1CCC(CN2CCN(c3ccc4c(c3)C(=O)N(C3CCC(=O)NC3=O)C4=O)CC2)CC1.CCNCC.CCNCC.Cl.Nc1ccc2c(c1)C(=O)N(C1CCC(=O)NC1=O)C2=O.Nc1ccc2c(c1)CN(C1CCC(=O)NC1=O)C2=O.O=C1CCC(N2C(=O)c3ccc(N4CCN(CC5CCNCC5)CC4)cc3C2=O)C(=O)N1. The third-order valence-corrected chi connectivity index (χ3v) is 27.2. The van der Waals surface area contributed by atoms with E-state index in [4.69, 9.17) is 25.7 Å². The number of hydrogen-bond donors (Lipinski definition) is 9. The van der Waals surface area contributed by atoms with Crippen LogP contribution in [-0.2, 0) is 68.7 Å². The van der Waals surface area contributed by atoms with Crippen LogP contribution >= 0.6 is 12.4 Å². The Hall–Kier alpha value is -13.2. The van der Waals surface area contributed by atoms with Gasteiger partial charge < -0.3 is 80.6 Å². The van der Waals surface area contributed by atoms with E-state index in [9.17, 15) is 95.9 Å². The summed E-state index contributed by atoms with van der Waals surface area (Å²) in [5.74, 6) is -5.35. The summed E-state index contributed by atoms with van der Waals surface area (Å²) in [7, 11) is 0. The molecule has 0 saturated carbocycles. The predicted molar refractivity (Wildman–Crippen MR) is 554 cm³/mol. The molecular formula is C105H147ClN20O23. The van der Waals surface area contributed by atoms with Crippen LogP contribution < -0.4 is 58.5 Å². The first-order valence-electron chi connectivity index (χ1n) is 51.5. The number of ether oxygens (including phenoxy) is 3. The molecule has 11 N–H and O–H groups in total. The van der Waals surface area contributed by atoms with Crippen LogP contribution in [0, 0.1) is 23.7 Å². The number of nitrogens with two attached hydrogens (primary N) is 2. The fourth-order valence-corrected chi connectivity index (χ4v) is 19.3. The van der Waals surface area contributed by atoms with Crippen molar-refractivity contribution in [1.82, 2.24) is 81.3 Å². The number of rotatable bonds is 16. The molecule has 4 aromatic carbocycles. The molecule has 0 spiro atoms. The smallest absolute Gasteiger partial charge is 0.410 e. The predicted octanol–water partition coefficient (Wildman–Crippen LogP) is 6.30. The van der Waals surface area contributed by atoms with Gasteiger partial charge in [0.1, 0.15) is 53.5 Å². The molecule has 0 aliphatic carbocycles. The van der Waals surface area contributed by atoms with E-state index in [1.807, 2.05) is 74.4 Å². The molecule has 4 atom stereocenters. The number of nitrogen functional groups attached to an aromatic ring is 2. The van der Waals surface area contributed by atoms with Crippen LogP contribution in [0.15, 0.2) is 72.8 Å². The fourth-order valence-electron chi connectivity index (χ4n) is 19.3. The number of likely N-dealkylation sites (tertiary alicyclic amines) is 3. The van der Waals surface area contributed by atoms with Gasteiger partial charge in [-0.1, -0.05) is 27.7 Å². The van der Waals surface area contributed by atoms with Gasteiger partial charge in [0.2, 0.25) is 47.3 Å². The minimum atomic E-state index is -0.960. The number of carbonyl (C=O) groups excluding carboxylic acids is 20. The minimum absolute atomic E-state index is 0. The van der Waals surface area contributed by atoms with E-state index in [0.29, 0.717) is 84.3 Å². The summed E-state index contributed by atoms with van der Waals surface area (Å²) in [4.78, 5) is 257. The molecule has 0 aromatic heterocycles. The number of carbonyl (C=O) groups is 20. The molecule has 18 rings (SSSR count). The van der Waals surface area contributed by atoms with Crippen molar-refractivity contribution in [2.24, 2.45) is 23.7 Å². The van der Waals surface area contributed by atoms with Crippen molar-refractivity contribution in [2.75, 3.05) is 165 Å². The number of fused-ring (bicyclic) bond motifs is 4. The lowest BCUT2D eigenvalue weighted by Crippen LogP contribution is -2.54. The molecule has 0 bridgehead atoms. The quantitative estimate of drug-likeness (QED) is 0.0257. The van der Waals surface area contributed by atoms with Crippen molar-refractivity contribution in [3.05, 3.63) is 117 Å².